The maximum atomic E-state index is 5.29. The van der Waals surface area contributed by atoms with Gasteiger partial charge in [-0.05, 0) is 33.1 Å². The van der Waals surface area contributed by atoms with Crippen molar-refractivity contribution in [2.45, 2.75) is 13.1 Å². The van der Waals surface area contributed by atoms with Crippen LogP contribution in [0.4, 0.5) is 0 Å². The Balaban J connectivity index is 2.60. The number of methoxy groups -OCH3 is 2. The van der Waals surface area contributed by atoms with Gasteiger partial charge < -0.3 is 14.8 Å². The summed E-state index contributed by atoms with van der Waals surface area (Å²) in [5.41, 5.74) is 2.54. The summed E-state index contributed by atoms with van der Waals surface area (Å²) in [4.78, 5) is 0. The summed E-state index contributed by atoms with van der Waals surface area (Å²) < 4.78 is 11.6. The van der Waals surface area contributed by atoms with Crippen molar-refractivity contribution in [2.24, 2.45) is 0 Å². The topological polar surface area (TPSA) is 30.5 Å². The lowest BCUT2D eigenvalue weighted by Gasteiger charge is -2.12. The summed E-state index contributed by atoms with van der Waals surface area (Å²) in [6, 6.07) is 2.03. The normalized spacial score (nSPS) is 13.9. The summed E-state index contributed by atoms with van der Waals surface area (Å²) in [5, 5.41) is 3.29. The highest BCUT2D eigenvalue weighted by atomic mass is 79.9. The zero-order chi connectivity index (χ0) is 10.1. The first-order chi connectivity index (χ1) is 6.77. The maximum Gasteiger partial charge on any atom is 0.175 e. The SMILES string of the molecule is COc1cc2c(c(Br)c1OC)CNC2. The Hall–Kier alpha value is -0.740. The van der Waals surface area contributed by atoms with Crippen LogP contribution in [0.15, 0.2) is 10.5 Å². The molecule has 76 valence electrons. The average Bonchev–Trinajstić information content (AvgIpc) is 2.65. The van der Waals surface area contributed by atoms with E-state index in [1.165, 1.54) is 11.1 Å². The summed E-state index contributed by atoms with van der Waals surface area (Å²) in [6.07, 6.45) is 0. The van der Waals surface area contributed by atoms with Crippen LogP contribution >= 0.6 is 15.9 Å². The molecule has 0 aliphatic carbocycles. The van der Waals surface area contributed by atoms with Gasteiger partial charge in [0.15, 0.2) is 11.5 Å². The van der Waals surface area contributed by atoms with Crippen molar-refractivity contribution in [3.63, 3.8) is 0 Å². The van der Waals surface area contributed by atoms with Gasteiger partial charge in [-0.15, -0.1) is 0 Å². The maximum absolute atomic E-state index is 5.29. The van der Waals surface area contributed by atoms with Crippen LogP contribution in [0, 0.1) is 0 Å². The lowest BCUT2D eigenvalue weighted by Crippen LogP contribution is -2.00. The molecule has 0 fully saturated rings. The molecule has 1 aromatic carbocycles. The lowest BCUT2D eigenvalue weighted by molar-refractivity contribution is 0.352. The number of ether oxygens (including phenoxy) is 2. The predicted molar refractivity (Wildman–Crippen MR) is 57.8 cm³/mol. The molecule has 3 nitrogen and oxygen atoms in total. The molecule has 1 heterocycles. The molecule has 1 aromatic rings. The third-order valence-corrected chi connectivity index (χ3v) is 3.26. The van der Waals surface area contributed by atoms with Crippen molar-refractivity contribution >= 4 is 15.9 Å². The molecule has 0 amide bonds. The minimum absolute atomic E-state index is 0.773. The molecule has 1 N–H and O–H groups in total. The Morgan fingerprint density at radius 2 is 2.07 bits per heavy atom. The summed E-state index contributed by atoms with van der Waals surface area (Å²) in [6.45, 7) is 1.78. The molecular weight excluding hydrogens is 246 g/mol. The van der Waals surface area contributed by atoms with Gasteiger partial charge in [0, 0.05) is 13.1 Å². The van der Waals surface area contributed by atoms with E-state index >= 15 is 0 Å². The Labute approximate surface area is 91.5 Å². The van der Waals surface area contributed by atoms with Gasteiger partial charge in [-0.25, -0.2) is 0 Å². The first-order valence-electron chi connectivity index (χ1n) is 4.41. The molecule has 1 aliphatic rings. The highest BCUT2D eigenvalue weighted by Crippen LogP contribution is 2.41. The van der Waals surface area contributed by atoms with Crippen LogP contribution in [0.2, 0.25) is 0 Å². The zero-order valence-electron chi connectivity index (χ0n) is 8.19. The van der Waals surface area contributed by atoms with Crippen LogP contribution in [-0.2, 0) is 13.1 Å². The fourth-order valence-electron chi connectivity index (χ4n) is 1.71. The fourth-order valence-corrected chi connectivity index (χ4v) is 2.46. The minimum atomic E-state index is 0.773. The van der Waals surface area contributed by atoms with Crippen LogP contribution in [-0.4, -0.2) is 14.2 Å². The van der Waals surface area contributed by atoms with E-state index in [1.54, 1.807) is 14.2 Å². The predicted octanol–water partition coefficient (Wildman–Crippen LogP) is 2.07. The molecule has 0 bridgehead atoms. The van der Waals surface area contributed by atoms with Crippen molar-refractivity contribution < 1.29 is 9.47 Å². The van der Waals surface area contributed by atoms with Gasteiger partial charge in [0.1, 0.15) is 0 Å². The molecule has 0 saturated heterocycles. The monoisotopic (exact) mass is 257 g/mol. The second-order valence-corrected chi connectivity index (χ2v) is 3.96. The molecule has 1 aliphatic heterocycles. The molecular formula is C10H12BrNO2. The van der Waals surface area contributed by atoms with Crippen LogP contribution in [0.1, 0.15) is 11.1 Å². The van der Waals surface area contributed by atoms with E-state index in [1.807, 2.05) is 6.07 Å². The standard InChI is InChI=1S/C10H12BrNO2/c1-13-8-3-6-4-12-5-7(6)9(11)10(8)14-2/h3,12H,4-5H2,1-2H3. The van der Waals surface area contributed by atoms with Crippen LogP contribution in [0.3, 0.4) is 0 Å². The number of rotatable bonds is 2. The Kier molecular flexibility index (Phi) is 2.65. The largest absolute Gasteiger partial charge is 0.493 e. The summed E-state index contributed by atoms with van der Waals surface area (Å²) in [7, 11) is 3.30. The molecule has 0 unspecified atom stereocenters. The van der Waals surface area contributed by atoms with Gasteiger partial charge in [-0.1, -0.05) is 0 Å². The van der Waals surface area contributed by atoms with E-state index in [4.69, 9.17) is 9.47 Å². The molecule has 0 saturated carbocycles. The Bertz CT molecular complexity index is 366. The molecule has 0 atom stereocenters. The Morgan fingerprint density at radius 3 is 2.71 bits per heavy atom. The van der Waals surface area contributed by atoms with Crippen molar-refractivity contribution in [3.05, 3.63) is 21.7 Å². The molecule has 0 radical (unpaired) electrons. The van der Waals surface area contributed by atoms with Crippen LogP contribution < -0.4 is 14.8 Å². The molecule has 14 heavy (non-hydrogen) atoms. The molecule has 4 heteroatoms. The summed E-state index contributed by atoms with van der Waals surface area (Å²) in [5.74, 6) is 1.55. The van der Waals surface area contributed by atoms with Gasteiger partial charge >= 0.3 is 0 Å². The highest BCUT2D eigenvalue weighted by molar-refractivity contribution is 9.10. The zero-order valence-corrected chi connectivity index (χ0v) is 9.77. The average molecular weight is 258 g/mol. The van der Waals surface area contributed by atoms with Crippen molar-refractivity contribution in [1.29, 1.82) is 0 Å². The summed E-state index contributed by atoms with van der Waals surface area (Å²) >= 11 is 3.54. The first kappa shape index (κ1) is 9.80. The lowest BCUT2D eigenvalue weighted by atomic mass is 10.1. The van der Waals surface area contributed by atoms with Crippen molar-refractivity contribution in [2.75, 3.05) is 14.2 Å². The van der Waals surface area contributed by atoms with E-state index < -0.39 is 0 Å². The highest BCUT2D eigenvalue weighted by Gasteiger charge is 2.20. The quantitative estimate of drug-likeness (QED) is 0.880. The van der Waals surface area contributed by atoms with E-state index in [2.05, 4.69) is 21.2 Å². The Morgan fingerprint density at radius 1 is 1.29 bits per heavy atom. The number of halogens is 1. The smallest absolute Gasteiger partial charge is 0.175 e. The van der Waals surface area contributed by atoms with Crippen molar-refractivity contribution in [1.82, 2.24) is 5.32 Å². The molecule has 0 spiro atoms. The van der Waals surface area contributed by atoms with Gasteiger partial charge in [0.2, 0.25) is 0 Å². The van der Waals surface area contributed by atoms with E-state index in [-0.39, 0.29) is 0 Å². The van der Waals surface area contributed by atoms with E-state index in [0.717, 1.165) is 29.1 Å². The van der Waals surface area contributed by atoms with Gasteiger partial charge in [-0.2, -0.15) is 0 Å². The number of fused-ring (bicyclic) bond motifs is 1. The second-order valence-electron chi connectivity index (χ2n) is 3.17. The minimum Gasteiger partial charge on any atom is -0.493 e. The first-order valence-corrected chi connectivity index (χ1v) is 5.20. The number of nitrogens with one attached hydrogen (secondary N) is 1. The number of hydrogen-bond acceptors (Lipinski definition) is 3. The van der Waals surface area contributed by atoms with Crippen LogP contribution in [0.5, 0.6) is 11.5 Å². The van der Waals surface area contributed by atoms with Gasteiger partial charge in [0.05, 0.1) is 18.7 Å². The van der Waals surface area contributed by atoms with Gasteiger partial charge in [0.25, 0.3) is 0 Å². The third kappa shape index (κ3) is 1.38. The fraction of sp³-hybridized carbons (Fsp3) is 0.400. The number of benzene rings is 1. The molecule has 2 rings (SSSR count). The van der Waals surface area contributed by atoms with E-state index in [9.17, 15) is 0 Å². The second kappa shape index (κ2) is 3.79. The third-order valence-electron chi connectivity index (χ3n) is 2.42. The van der Waals surface area contributed by atoms with Crippen LogP contribution in [0.25, 0.3) is 0 Å². The van der Waals surface area contributed by atoms with E-state index in [0.29, 0.717) is 0 Å². The van der Waals surface area contributed by atoms with Crippen molar-refractivity contribution in [3.8, 4) is 11.5 Å². The number of hydrogen-bond donors (Lipinski definition) is 1. The molecule has 0 aromatic heterocycles. The van der Waals surface area contributed by atoms with Gasteiger partial charge in [-0.3, -0.25) is 0 Å².